The number of hydrogen-bond donors (Lipinski definition) is 4. The van der Waals surface area contributed by atoms with E-state index < -0.39 is 35.8 Å². The molecule has 0 saturated heterocycles. The number of nitrogens with zero attached hydrogens (tertiary/aromatic N) is 3. The number of carbonyl (C=O) groups excluding carboxylic acids is 3. The summed E-state index contributed by atoms with van der Waals surface area (Å²) in [5, 5.41) is 16.1. The number of benzene rings is 1. The normalized spacial score (nSPS) is 22.2. The second-order valence-electron chi connectivity index (χ2n) is 7.01. The summed E-state index contributed by atoms with van der Waals surface area (Å²) in [6.07, 6.45) is 2.02. The summed E-state index contributed by atoms with van der Waals surface area (Å²) in [4.78, 5) is 37.5. The van der Waals surface area contributed by atoms with Gasteiger partial charge >= 0.3 is 0 Å². The van der Waals surface area contributed by atoms with E-state index in [-0.39, 0.29) is 0 Å². The van der Waals surface area contributed by atoms with Crippen molar-refractivity contribution < 1.29 is 19.1 Å². The van der Waals surface area contributed by atoms with Crippen LogP contribution in [0.1, 0.15) is 24.9 Å². The number of methoxy groups -OCH3 is 1. The summed E-state index contributed by atoms with van der Waals surface area (Å²) in [7, 11) is 3.01. The zero-order valence-electron chi connectivity index (χ0n) is 17.0. The highest BCUT2D eigenvalue weighted by Crippen LogP contribution is 2.31. The Balaban J connectivity index is 2.10. The van der Waals surface area contributed by atoms with Crippen LogP contribution in [0.4, 0.5) is 0 Å². The van der Waals surface area contributed by atoms with E-state index in [2.05, 4.69) is 26.3 Å². The van der Waals surface area contributed by atoms with E-state index in [0.29, 0.717) is 35.5 Å². The summed E-state index contributed by atoms with van der Waals surface area (Å²) in [6.45, 7) is 1.90. The van der Waals surface area contributed by atoms with Crippen molar-refractivity contribution in [2.45, 2.75) is 38.0 Å². The van der Waals surface area contributed by atoms with Gasteiger partial charge in [0.15, 0.2) is 0 Å². The van der Waals surface area contributed by atoms with Gasteiger partial charge in [0.05, 0.1) is 19.3 Å². The molecule has 1 aliphatic rings. The van der Waals surface area contributed by atoms with Crippen LogP contribution in [-0.2, 0) is 20.9 Å². The van der Waals surface area contributed by atoms with Gasteiger partial charge < -0.3 is 26.4 Å². The van der Waals surface area contributed by atoms with Gasteiger partial charge in [0.25, 0.3) is 0 Å². The van der Waals surface area contributed by atoms with Crippen molar-refractivity contribution >= 4 is 17.7 Å². The van der Waals surface area contributed by atoms with E-state index >= 15 is 0 Å². The predicted octanol–water partition coefficient (Wildman–Crippen LogP) is -0.907. The minimum atomic E-state index is -0.986. The van der Waals surface area contributed by atoms with E-state index in [1.807, 2.05) is 0 Å². The average Bonchev–Trinajstić information content (AvgIpc) is 3.22. The van der Waals surface area contributed by atoms with Gasteiger partial charge in [0.1, 0.15) is 23.5 Å². The number of likely N-dealkylation sites (N-methyl/N-ethyl adjacent to an activating group) is 1. The number of aryl methyl sites for hydroxylation is 1. The van der Waals surface area contributed by atoms with Crippen LogP contribution < -0.4 is 26.4 Å². The third-order valence-corrected chi connectivity index (χ3v) is 4.92. The summed E-state index contributed by atoms with van der Waals surface area (Å²) in [5.74, 6) is -0.853. The third-order valence-electron chi connectivity index (χ3n) is 4.92. The molecule has 11 heteroatoms. The standard InChI is InChI=1S/C19H25N7O4/c1-10-17(27)23-16(19(29)21-2)11-4-5-15(30-3)12(8-11)14-9-26(25-24-14)7-6-13(20)18(28)22-10/h4-5,8-10,13,16H,6-7,20H2,1-3H3,(H,21,29)(H,22,28)(H,23,27)/t10-,13+,16+/m1/s1. The van der Waals surface area contributed by atoms with E-state index in [9.17, 15) is 14.4 Å². The van der Waals surface area contributed by atoms with Crippen LogP contribution in [0, 0.1) is 0 Å². The van der Waals surface area contributed by atoms with Gasteiger partial charge in [-0.1, -0.05) is 11.3 Å². The second-order valence-corrected chi connectivity index (χ2v) is 7.01. The molecular weight excluding hydrogens is 390 g/mol. The number of amides is 3. The molecule has 2 aromatic rings. The van der Waals surface area contributed by atoms with Crippen molar-refractivity contribution in [3.63, 3.8) is 0 Å². The largest absolute Gasteiger partial charge is 0.496 e. The molecule has 0 fully saturated rings. The quantitative estimate of drug-likeness (QED) is 0.495. The Hall–Kier alpha value is -3.47. The molecule has 1 aliphatic heterocycles. The lowest BCUT2D eigenvalue weighted by atomic mass is 10.0. The summed E-state index contributed by atoms with van der Waals surface area (Å²) in [6, 6.07) is 2.41. The first kappa shape index (κ1) is 21.2. The summed E-state index contributed by atoms with van der Waals surface area (Å²) < 4.78 is 7.01. The van der Waals surface area contributed by atoms with Crippen LogP contribution in [-0.4, -0.2) is 59.0 Å². The zero-order chi connectivity index (χ0) is 21.8. The highest BCUT2D eigenvalue weighted by Gasteiger charge is 2.27. The molecule has 11 nitrogen and oxygen atoms in total. The molecule has 3 amide bonds. The van der Waals surface area contributed by atoms with Crippen LogP contribution in [0.3, 0.4) is 0 Å². The van der Waals surface area contributed by atoms with Crippen molar-refractivity contribution in [2.75, 3.05) is 14.2 Å². The molecule has 0 unspecified atom stereocenters. The number of aromatic nitrogens is 3. The van der Waals surface area contributed by atoms with Crippen molar-refractivity contribution in [2.24, 2.45) is 5.73 Å². The van der Waals surface area contributed by atoms with Gasteiger partial charge in [0, 0.05) is 19.2 Å². The highest BCUT2D eigenvalue weighted by atomic mass is 16.5. The van der Waals surface area contributed by atoms with Gasteiger partial charge in [-0.15, -0.1) is 5.10 Å². The first-order valence-corrected chi connectivity index (χ1v) is 9.50. The molecule has 3 atom stereocenters. The van der Waals surface area contributed by atoms with Gasteiger partial charge in [-0.2, -0.15) is 0 Å². The van der Waals surface area contributed by atoms with Gasteiger partial charge in [-0.25, -0.2) is 0 Å². The van der Waals surface area contributed by atoms with E-state index in [4.69, 9.17) is 10.5 Å². The fourth-order valence-electron chi connectivity index (χ4n) is 3.14. The molecule has 30 heavy (non-hydrogen) atoms. The van der Waals surface area contributed by atoms with E-state index in [0.717, 1.165) is 0 Å². The van der Waals surface area contributed by atoms with Crippen molar-refractivity contribution in [3.05, 3.63) is 30.0 Å². The number of carbonyl (C=O) groups is 3. The van der Waals surface area contributed by atoms with Gasteiger partial charge in [0.2, 0.25) is 17.7 Å². The zero-order valence-corrected chi connectivity index (χ0v) is 17.0. The second kappa shape index (κ2) is 8.91. The molecule has 160 valence electrons. The Bertz CT molecular complexity index is 958. The maximum absolute atomic E-state index is 12.7. The molecule has 1 aromatic heterocycles. The minimum absolute atomic E-state index is 0.307. The number of fused-ring (bicyclic) bond motifs is 5. The van der Waals surface area contributed by atoms with Crippen LogP contribution >= 0.6 is 0 Å². The summed E-state index contributed by atoms with van der Waals surface area (Å²) >= 11 is 0. The molecule has 0 radical (unpaired) electrons. The van der Waals surface area contributed by atoms with Gasteiger partial charge in [-0.05, 0) is 31.0 Å². The van der Waals surface area contributed by atoms with Gasteiger partial charge in [-0.3, -0.25) is 19.1 Å². The predicted molar refractivity (Wildman–Crippen MR) is 107 cm³/mol. The first-order chi connectivity index (χ1) is 14.3. The number of hydrogen-bond acceptors (Lipinski definition) is 7. The number of rotatable bonds is 2. The highest BCUT2D eigenvalue weighted by molar-refractivity contribution is 5.93. The topological polar surface area (TPSA) is 153 Å². The van der Waals surface area contributed by atoms with Crippen LogP contribution in [0.2, 0.25) is 0 Å². The Kier molecular flexibility index (Phi) is 6.31. The van der Waals surface area contributed by atoms with Crippen LogP contribution in [0.5, 0.6) is 5.75 Å². The maximum Gasteiger partial charge on any atom is 0.246 e. The van der Waals surface area contributed by atoms with E-state index in [1.165, 1.54) is 21.1 Å². The monoisotopic (exact) mass is 415 g/mol. The SMILES string of the molecule is CNC(=O)[C@H]1NC(=O)[C@@H](C)NC(=O)[C@@H](N)CCn2cc(nn2)-c2cc1ccc2OC. The smallest absolute Gasteiger partial charge is 0.246 e. The molecule has 4 bridgehead atoms. The molecular formula is C19H25N7O4. The lowest BCUT2D eigenvalue weighted by Crippen LogP contribution is -2.52. The third kappa shape index (κ3) is 4.40. The minimum Gasteiger partial charge on any atom is -0.496 e. The Morgan fingerprint density at radius 1 is 1.30 bits per heavy atom. The molecule has 2 heterocycles. The Morgan fingerprint density at radius 2 is 2.07 bits per heavy atom. The summed E-state index contributed by atoms with van der Waals surface area (Å²) in [5.41, 5.74) is 7.61. The Labute approximate surface area is 173 Å². The molecule has 0 spiro atoms. The van der Waals surface area contributed by atoms with E-state index in [1.54, 1.807) is 29.1 Å². The lowest BCUT2D eigenvalue weighted by molar-refractivity contribution is -0.132. The number of nitrogens with two attached hydrogens (primary N) is 1. The number of nitrogens with one attached hydrogen (secondary N) is 3. The molecule has 0 aliphatic carbocycles. The molecule has 3 rings (SSSR count). The average molecular weight is 415 g/mol. The fraction of sp³-hybridized carbons (Fsp3) is 0.421. The molecule has 5 N–H and O–H groups in total. The molecule has 1 aromatic carbocycles. The fourth-order valence-corrected chi connectivity index (χ4v) is 3.14. The van der Waals surface area contributed by atoms with Crippen LogP contribution in [0.15, 0.2) is 24.4 Å². The lowest BCUT2D eigenvalue weighted by Gasteiger charge is -2.22. The van der Waals surface area contributed by atoms with Crippen molar-refractivity contribution in [1.29, 1.82) is 0 Å². The van der Waals surface area contributed by atoms with Crippen molar-refractivity contribution in [3.8, 4) is 17.0 Å². The Morgan fingerprint density at radius 3 is 2.77 bits per heavy atom. The maximum atomic E-state index is 12.7. The molecule has 0 saturated carbocycles. The first-order valence-electron chi connectivity index (χ1n) is 9.50. The number of ether oxygens (including phenoxy) is 1. The van der Waals surface area contributed by atoms with Crippen molar-refractivity contribution in [1.82, 2.24) is 30.9 Å². The van der Waals surface area contributed by atoms with Crippen LogP contribution in [0.25, 0.3) is 11.3 Å².